The molecule has 2 N–H and O–H groups in total. The molecule has 6 nitrogen and oxygen atoms in total. The lowest BCUT2D eigenvalue weighted by Crippen LogP contribution is -2.41. The van der Waals surface area contributed by atoms with E-state index < -0.39 is 0 Å². The number of hydrogen-bond donors (Lipinski definition) is 2. The van der Waals surface area contributed by atoms with Gasteiger partial charge in [0.25, 0.3) is 5.91 Å². The third-order valence-corrected chi connectivity index (χ3v) is 4.31. The summed E-state index contributed by atoms with van der Waals surface area (Å²) in [6.45, 7) is 4.79. The highest BCUT2D eigenvalue weighted by Gasteiger charge is 2.11. The van der Waals surface area contributed by atoms with E-state index in [9.17, 15) is 4.79 Å². The fourth-order valence-corrected chi connectivity index (χ4v) is 2.74. The molecule has 1 aromatic carbocycles. The Balaban J connectivity index is 1.49. The zero-order chi connectivity index (χ0) is 17.5. The number of halogens is 1. The van der Waals surface area contributed by atoms with Crippen molar-refractivity contribution in [3.05, 3.63) is 53.2 Å². The quantitative estimate of drug-likeness (QED) is 0.828. The van der Waals surface area contributed by atoms with Crippen molar-refractivity contribution in [2.24, 2.45) is 0 Å². The van der Waals surface area contributed by atoms with E-state index >= 15 is 0 Å². The number of nitrogens with zero attached hydrogens (tertiary/aromatic N) is 2. The van der Waals surface area contributed by atoms with Gasteiger partial charge in [0, 0.05) is 32.4 Å². The highest BCUT2D eigenvalue weighted by atomic mass is 35.5. The van der Waals surface area contributed by atoms with Crippen LogP contribution < -0.4 is 10.6 Å². The number of hydrogen-bond acceptors (Lipinski definition) is 5. The summed E-state index contributed by atoms with van der Waals surface area (Å²) in [5.74, 6) is 0.517. The van der Waals surface area contributed by atoms with E-state index in [4.69, 9.17) is 16.3 Å². The number of carbonyl (C=O) groups excluding carboxylic acids is 1. The van der Waals surface area contributed by atoms with Crippen molar-refractivity contribution in [1.29, 1.82) is 0 Å². The molecule has 0 saturated carbocycles. The number of para-hydroxylation sites is 1. The predicted molar refractivity (Wildman–Crippen MR) is 98.6 cm³/mol. The molecule has 1 aliphatic rings. The minimum atomic E-state index is -0.120. The number of amides is 1. The van der Waals surface area contributed by atoms with Gasteiger partial charge in [-0.05, 0) is 24.3 Å². The number of rotatable bonds is 6. The largest absolute Gasteiger partial charge is 0.379 e. The van der Waals surface area contributed by atoms with E-state index in [0.717, 1.165) is 38.5 Å². The molecule has 25 heavy (non-hydrogen) atoms. The molecule has 0 unspecified atom stereocenters. The number of nitrogens with one attached hydrogen (secondary N) is 2. The van der Waals surface area contributed by atoms with Crippen LogP contribution in [0.25, 0.3) is 0 Å². The zero-order valence-corrected chi connectivity index (χ0v) is 14.6. The Morgan fingerprint density at radius 1 is 1.20 bits per heavy atom. The summed E-state index contributed by atoms with van der Waals surface area (Å²) in [5, 5.41) is 6.67. The lowest BCUT2D eigenvalue weighted by Gasteiger charge is -2.26. The van der Waals surface area contributed by atoms with E-state index in [0.29, 0.717) is 22.9 Å². The molecule has 0 radical (unpaired) electrons. The van der Waals surface area contributed by atoms with Gasteiger partial charge in [-0.2, -0.15) is 0 Å². The number of aromatic nitrogens is 1. The van der Waals surface area contributed by atoms with Crippen LogP contribution in [0.5, 0.6) is 0 Å². The molecule has 2 aromatic rings. The lowest BCUT2D eigenvalue weighted by molar-refractivity contribution is 0.0383. The Morgan fingerprint density at radius 2 is 2.00 bits per heavy atom. The zero-order valence-electron chi connectivity index (χ0n) is 13.9. The number of morpholine rings is 1. The summed E-state index contributed by atoms with van der Waals surface area (Å²) in [6.07, 6.45) is 1.56. The molecule has 0 spiro atoms. The van der Waals surface area contributed by atoms with Crippen LogP contribution in [0.2, 0.25) is 5.02 Å². The van der Waals surface area contributed by atoms with Crippen LogP contribution in [0.3, 0.4) is 0 Å². The van der Waals surface area contributed by atoms with Crippen molar-refractivity contribution in [1.82, 2.24) is 15.2 Å². The third-order valence-electron chi connectivity index (χ3n) is 3.98. The van der Waals surface area contributed by atoms with Crippen molar-refractivity contribution in [3.8, 4) is 0 Å². The van der Waals surface area contributed by atoms with Crippen molar-refractivity contribution >= 4 is 29.0 Å². The van der Waals surface area contributed by atoms with Gasteiger partial charge in [-0.15, -0.1) is 0 Å². The van der Waals surface area contributed by atoms with Gasteiger partial charge in [0.1, 0.15) is 5.82 Å². The molecule has 3 rings (SSSR count). The fourth-order valence-electron chi connectivity index (χ4n) is 2.56. The first-order valence-electron chi connectivity index (χ1n) is 8.28. The Kier molecular flexibility index (Phi) is 6.22. The average molecular weight is 361 g/mol. The van der Waals surface area contributed by atoms with Crippen LogP contribution in [-0.2, 0) is 4.74 Å². The first kappa shape index (κ1) is 17.7. The van der Waals surface area contributed by atoms with E-state index in [1.807, 2.05) is 18.2 Å². The van der Waals surface area contributed by atoms with Gasteiger partial charge in [-0.25, -0.2) is 4.98 Å². The number of anilines is 2. The fraction of sp³-hybridized carbons (Fsp3) is 0.333. The molecule has 1 aliphatic heterocycles. The molecule has 2 heterocycles. The number of pyridine rings is 1. The van der Waals surface area contributed by atoms with Gasteiger partial charge in [0.05, 0.1) is 29.5 Å². The summed E-state index contributed by atoms with van der Waals surface area (Å²) >= 11 is 6.11. The topological polar surface area (TPSA) is 66.5 Å². The first-order chi connectivity index (χ1) is 12.2. The highest BCUT2D eigenvalue weighted by molar-refractivity contribution is 6.33. The minimum absolute atomic E-state index is 0.120. The van der Waals surface area contributed by atoms with E-state index in [2.05, 4.69) is 20.5 Å². The molecule has 132 valence electrons. The maximum atomic E-state index is 12.2. The molecule has 1 saturated heterocycles. The van der Waals surface area contributed by atoms with Gasteiger partial charge in [-0.1, -0.05) is 23.7 Å². The molecular formula is C18H21ClN4O2. The molecule has 0 atom stereocenters. The Morgan fingerprint density at radius 3 is 2.72 bits per heavy atom. The average Bonchev–Trinajstić information content (AvgIpc) is 2.65. The van der Waals surface area contributed by atoms with Crippen LogP contribution >= 0.6 is 11.6 Å². The molecule has 7 heteroatoms. The third kappa shape index (κ3) is 5.16. The van der Waals surface area contributed by atoms with Crippen molar-refractivity contribution in [2.45, 2.75) is 0 Å². The SMILES string of the molecule is O=C(NCCN1CCOCC1)c1ccc(Nc2ccccc2Cl)nc1. The van der Waals surface area contributed by atoms with E-state index in [1.165, 1.54) is 0 Å². The smallest absolute Gasteiger partial charge is 0.252 e. The van der Waals surface area contributed by atoms with Gasteiger partial charge in [0.15, 0.2) is 0 Å². The molecule has 1 amide bonds. The number of ether oxygens (including phenoxy) is 1. The van der Waals surface area contributed by atoms with Crippen LogP contribution in [-0.4, -0.2) is 55.2 Å². The summed E-state index contributed by atoms with van der Waals surface area (Å²) < 4.78 is 5.31. The molecule has 1 aromatic heterocycles. The second-order valence-electron chi connectivity index (χ2n) is 5.75. The lowest BCUT2D eigenvalue weighted by atomic mass is 10.2. The Bertz CT molecular complexity index is 702. The van der Waals surface area contributed by atoms with Gasteiger partial charge >= 0.3 is 0 Å². The van der Waals surface area contributed by atoms with Crippen molar-refractivity contribution in [2.75, 3.05) is 44.7 Å². The molecule has 0 bridgehead atoms. The molecular weight excluding hydrogens is 340 g/mol. The standard InChI is InChI=1S/C18H21ClN4O2/c19-15-3-1-2-4-16(15)22-17-6-5-14(13-21-17)18(24)20-7-8-23-9-11-25-12-10-23/h1-6,13H,7-12H2,(H,20,24)(H,21,22). The van der Waals surface area contributed by atoms with Crippen LogP contribution in [0.1, 0.15) is 10.4 Å². The van der Waals surface area contributed by atoms with Gasteiger partial charge in [-0.3, -0.25) is 9.69 Å². The van der Waals surface area contributed by atoms with Gasteiger partial charge in [0.2, 0.25) is 0 Å². The van der Waals surface area contributed by atoms with E-state index in [1.54, 1.807) is 24.4 Å². The highest BCUT2D eigenvalue weighted by Crippen LogP contribution is 2.23. The second-order valence-corrected chi connectivity index (χ2v) is 6.15. The normalized spacial score (nSPS) is 14.9. The molecule has 0 aliphatic carbocycles. The summed E-state index contributed by atoms with van der Waals surface area (Å²) in [4.78, 5) is 18.7. The predicted octanol–water partition coefficient (Wildman–Crippen LogP) is 2.54. The first-order valence-corrected chi connectivity index (χ1v) is 8.66. The summed E-state index contributed by atoms with van der Waals surface area (Å²) in [7, 11) is 0. The van der Waals surface area contributed by atoms with Crippen molar-refractivity contribution < 1.29 is 9.53 Å². The monoisotopic (exact) mass is 360 g/mol. The van der Waals surface area contributed by atoms with Crippen LogP contribution in [0.15, 0.2) is 42.6 Å². The second kappa shape index (κ2) is 8.80. The minimum Gasteiger partial charge on any atom is -0.379 e. The van der Waals surface area contributed by atoms with Crippen molar-refractivity contribution in [3.63, 3.8) is 0 Å². The Labute approximate surface area is 152 Å². The summed E-state index contributed by atoms with van der Waals surface area (Å²) in [6, 6.07) is 10.9. The summed E-state index contributed by atoms with van der Waals surface area (Å²) in [5.41, 5.74) is 1.31. The number of benzene rings is 1. The van der Waals surface area contributed by atoms with Crippen LogP contribution in [0, 0.1) is 0 Å². The maximum Gasteiger partial charge on any atom is 0.252 e. The molecule has 1 fully saturated rings. The van der Waals surface area contributed by atoms with Gasteiger partial charge < -0.3 is 15.4 Å². The maximum absolute atomic E-state index is 12.2. The number of carbonyl (C=O) groups is 1. The van der Waals surface area contributed by atoms with E-state index in [-0.39, 0.29) is 5.91 Å². The Hall–Kier alpha value is -2.15. The van der Waals surface area contributed by atoms with Crippen LogP contribution in [0.4, 0.5) is 11.5 Å².